The van der Waals surface area contributed by atoms with Crippen molar-refractivity contribution in [1.29, 1.82) is 0 Å². The Morgan fingerprint density at radius 3 is 2.50 bits per heavy atom. The summed E-state index contributed by atoms with van der Waals surface area (Å²) < 4.78 is 5.02. The normalized spacial score (nSPS) is 18.6. The SMILES string of the molecule is CCCC(COC)NC(=O)NC1(C(=O)O)CCC1. The van der Waals surface area contributed by atoms with Gasteiger partial charge in [0.2, 0.25) is 0 Å². The number of urea groups is 1. The lowest BCUT2D eigenvalue weighted by atomic mass is 9.77. The van der Waals surface area contributed by atoms with Gasteiger partial charge in [0.1, 0.15) is 5.54 Å². The summed E-state index contributed by atoms with van der Waals surface area (Å²) in [6, 6.07) is -0.501. The van der Waals surface area contributed by atoms with Gasteiger partial charge in [-0.3, -0.25) is 0 Å². The van der Waals surface area contributed by atoms with Crippen LogP contribution in [0.15, 0.2) is 0 Å². The molecule has 0 radical (unpaired) electrons. The van der Waals surface area contributed by atoms with E-state index in [1.165, 1.54) is 0 Å². The fourth-order valence-electron chi connectivity index (χ4n) is 2.11. The number of hydrogen-bond donors (Lipinski definition) is 3. The van der Waals surface area contributed by atoms with Crippen molar-refractivity contribution in [1.82, 2.24) is 10.6 Å². The van der Waals surface area contributed by atoms with E-state index in [0.717, 1.165) is 19.3 Å². The fourth-order valence-corrected chi connectivity index (χ4v) is 2.11. The molecule has 6 heteroatoms. The maximum absolute atomic E-state index is 11.8. The molecule has 1 fully saturated rings. The zero-order valence-electron chi connectivity index (χ0n) is 11.0. The second-order valence-corrected chi connectivity index (χ2v) is 4.78. The van der Waals surface area contributed by atoms with Crippen LogP contribution in [0.1, 0.15) is 39.0 Å². The average Bonchev–Trinajstić information content (AvgIpc) is 2.23. The summed E-state index contributed by atoms with van der Waals surface area (Å²) in [6.07, 6.45) is 3.57. The number of carboxylic acids is 1. The Hall–Kier alpha value is -1.30. The molecule has 0 saturated heterocycles. The number of methoxy groups -OCH3 is 1. The number of aliphatic carboxylic acids is 1. The van der Waals surface area contributed by atoms with Crippen LogP contribution in [0.5, 0.6) is 0 Å². The number of carboxylic acid groups (broad SMARTS) is 1. The highest BCUT2D eigenvalue weighted by Crippen LogP contribution is 2.31. The molecule has 1 rings (SSSR count). The Balaban J connectivity index is 2.46. The Morgan fingerprint density at radius 2 is 2.11 bits per heavy atom. The molecule has 1 saturated carbocycles. The van der Waals surface area contributed by atoms with Gasteiger partial charge in [0, 0.05) is 7.11 Å². The molecule has 0 bridgehead atoms. The van der Waals surface area contributed by atoms with Gasteiger partial charge in [-0.15, -0.1) is 0 Å². The highest BCUT2D eigenvalue weighted by atomic mass is 16.5. The molecule has 0 aromatic heterocycles. The van der Waals surface area contributed by atoms with Crippen LogP contribution in [0.25, 0.3) is 0 Å². The summed E-state index contributed by atoms with van der Waals surface area (Å²) in [6.45, 7) is 2.45. The van der Waals surface area contributed by atoms with Crippen LogP contribution < -0.4 is 10.6 Å². The molecule has 3 N–H and O–H groups in total. The number of rotatable bonds is 7. The van der Waals surface area contributed by atoms with Gasteiger partial charge in [0.25, 0.3) is 0 Å². The van der Waals surface area contributed by atoms with E-state index in [4.69, 9.17) is 9.84 Å². The lowest BCUT2D eigenvalue weighted by Crippen LogP contribution is -2.62. The molecule has 2 amide bonds. The van der Waals surface area contributed by atoms with Crippen molar-refractivity contribution in [2.45, 2.75) is 50.6 Å². The number of ether oxygens (including phenoxy) is 1. The minimum absolute atomic E-state index is 0.0779. The van der Waals surface area contributed by atoms with Gasteiger partial charge in [-0.1, -0.05) is 13.3 Å². The minimum Gasteiger partial charge on any atom is -0.480 e. The maximum atomic E-state index is 11.8. The number of nitrogens with one attached hydrogen (secondary N) is 2. The number of amides is 2. The summed E-state index contributed by atoms with van der Waals surface area (Å²) >= 11 is 0. The van der Waals surface area contributed by atoms with Crippen LogP contribution >= 0.6 is 0 Å². The summed E-state index contributed by atoms with van der Waals surface area (Å²) in [5.74, 6) is -0.956. The van der Waals surface area contributed by atoms with Crippen molar-refractivity contribution in [3.8, 4) is 0 Å². The third-order valence-electron chi connectivity index (χ3n) is 3.31. The first-order chi connectivity index (χ1) is 8.54. The van der Waals surface area contributed by atoms with E-state index >= 15 is 0 Å². The Morgan fingerprint density at radius 1 is 1.44 bits per heavy atom. The lowest BCUT2D eigenvalue weighted by Gasteiger charge is -2.38. The molecule has 1 unspecified atom stereocenters. The van der Waals surface area contributed by atoms with Crippen LogP contribution in [-0.2, 0) is 9.53 Å². The monoisotopic (exact) mass is 258 g/mol. The minimum atomic E-state index is -1.06. The topological polar surface area (TPSA) is 87.7 Å². The highest BCUT2D eigenvalue weighted by Gasteiger charge is 2.45. The van der Waals surface area contributed by atoms with Crippen LogP contribution in [0.3, 0.4) is 0 Å². The van der Waals surface area contributed by atoms with E-state index in [0.29, 0.717) is 19.4 Å². The van der Waals surface area contributed by atoms with Crippen LogP contribution in [0, 0.1) is 0 Å². The summed E-state index contributed by atoms with van der Waals surface area (Å²) in [7, 11) is 1.58. The predicted octanol–water partition coefficient (Wildman–Crippen LogP) is 1.11. The van der Waals surface area contributed by atoms with E-state index in [1.807, 2.05) is 6.92 Å². The smallest absolute Gasteiger partial charge is 0.329 e. The molecular formula is C12H22N2O4. The number of hydrogen-bond acceptors (Lipinski definition) is 3. The van der Waals surface area contributed by atoms with E-state index in [-0.39, 0.29) is 6.04 Å². The highest BCUT2D eigenvalue weighted by molar-refractivity contribution is 5.87. The molecular weight excluding hydrogens is 236 g/mol. The standard InChI is InChI=1S/C12H22N2O4/c1-3-5-9(8-18-2)13-11(17)14-12(10(15)16)6-4-7-12/h9H,3-8H2,1-2H3,(H,15,16)(H2,13,14,17). The zero-order chi connectivity index (χ0) is 13.6. The predicted molar refractivity (Wildman–Crippen MR) is 66.5 cm³/mol. The lowest BCUT2D eigenvalue weighted by molar-refractivity contribution is -0.148. The van der Waals surface area contributed by atoms with Crippen LogP contribution in [0.4, 0.5) is 4.79 Å². The maximum Gasteiger partial charge on any atom is 0.329 e. The summed E-state index contributed by atoms with van der Waals surface area (Å²) in [4.78, 5) is 22.9. The molecule has 0 heterocycles. The molecule has 0 aromatic carbocycles. The van der Waals surface area contributed by atoms with E-state index in [9.17, 15) is 9.59 Å². The summed E-state index contributed by atoms with van der Waals surface area (Å²) in [5, 5.41) is 14.4. The summed E-state index contributed by atoms with van der Waals surface area (Å²) in [5.41, 5.74) is -1.06. The van der Waals surface area contributed by atoms with Crippen LogP contribution in [0.2, 0.25) is 0 Å². The quantitative estimate of drug-likeness (QED) is 0.638. The van der Waals surface area contributed by atoms with Crippen molar-refractivity contribution < 1.29 is 19.4 Å². The van der Waals surface area contributed by atoms with Gasteiger partial charge >= 0.3 is 12.0 Å². The van der Waals surface area contributed by atoms with E-state index in [1.54, 1.807) is 7.11 Å². The molecule has 104 valence electrons. The molecule has 1 aliphatic rings. The van der Waals surface area contributed by atoms with Crippen molar-refractivity contribution in [3.63, 3.8) is 0 Å². The van der Waals surface area contributed by atoms with Gasteiger partial charge in [0.15, 0.2) is 0 Å². The van der Waals surface area contributed by atoms with E-state index in [2.05, 4.69) is 10.6 Å². The first-order valence-corrected chi connectivity index (χ1v) is 6.35. The number of carbonyl (C=O) groups is 2. The molecule has 1 aliphatic carbocycles. The Kier molecular flexibility index (Phi) is 5.40. The molecule has 0 spiro atoms. The van der Waals surface area contributed by atoms with Crippen molar-refractivity contribution in [2.24, 2.45) is 0 Å². The van der Waals surface area contributed by atoms with Gasteiger partial charge in [-0.25, -0.2) is 9.59 Å². The first kappa shape index (κ1) is 14.8. The second-order valence-electron chi connectivity index (χ2n) is 4.78. The van der Waals surface area contributed by atoms with Crippen molar-refractivity contribution in [2.75, 3.05) is 13.7 Å². The first-order valence-electron chi connectivity index (χ1n) is 6.35. The van der Waals surface area contributed by atoms with Gasteiger partial charge < -0.3 is 20.5 Å². The fraction of sp³-hybridized carbons (Fsp3) is 0.833. The molecule has 1 atom stereocenters. The largest absolute Gasteiger partial charge is 0.480 e. The van der Waals surface area contributed by atoms with Gasteiger partial charge in [-0.05, 0) is 25.7 Å². The third kappa shape index (κ3) is 3.60. The second kappa shape index (κ2) is 6.58. The van der Waals surface area contributed by atoms with Crippen molar-refractivity contribution >= 4 is 12.0 Å². The average molecular weight is 258 g/mol. The van der Waals surface area contributed by atoms with Crippen molar-refractivity contribution in [3.05, 3.63) is 0 Å². The van der Waals surface area contributed by atoms with Crippen LogP contribution in [-0.4, -0.2) is 42.4 Å². The molecule has 18 heavy (non-hydrogen) atoms. The third-order valence-corrected chi connectivity index (χ3v) is 3.31. The number of carbonyl (C=O) groups excluding carboxylic acids is 1. The Bertz CT molecular complexity index is 296. The Labute approximate surface area is 107 Å². The van der Waals surface area contributed by atoms with Gasteiger partial charge in [0.05, 0.1) is 12.6 Å². The molecule has 0 aliphatic heterocycles. The molecule has 0 aromatic rings. The zero-order valence-corrected chi connectivity index (χ0v) is 11.0. The molecule has 6 nitrogen and oxygen atoms in total. The van der Waals surface area contributed by atoms with E-state index < -0.39 is 17.5 Å². The van der Waals surface area contributed by atoms with Gasteiger partial charge in [-0.2, -0.15) is 0 Å².